The molecule has 2 rings (SSSR count). The summed E-state index contributed by atoms with van der Waals surface area (Å²) in [5.41, 5.74) is 6.45. The van der Waals surface area contributed by atoms with Crippen molar-refractivity contribution >= 4 is 17.5 Å². The summed E-state index contributed by atoms with van der Waals surface area (Å²) >= 11 is 0. The Bertz CT molecular complexity index is 576. The molecule has 7 nitrogen and oxygen atoms in total. The van der Waals surface area contributed by atoms with Crippen LogP contribution in [0, 0.1) is 0 Å². The third kappa shape index (κ3) is 2.36. The molecule has 7 heteroatoms. The molecule has 0 aromatic carbocycles. The smallest absolute Gasteiger partial charge is 0.277 e. The van der Waals surface area contributed by atoms with Crippen LogP contribution in [0.2, 0.25) is 0 Å². The van der Waals surface area contributed by atoms with Gasteiger partial charge in [0.15, 0.2) is 5.69 Å². The maximum atomic E-state index is 12.7. The molecule has 1 aromatic heterocycles. The third-order valence-corrected chi connectivity index (χ3v) is 4.06. The Kier molecular flexibility index (Phi) is 3.69. The minimum Gasteiger partial charge on any atom is -0.395 e. The van der Waals surface area contributed by atoms with Gasteiger partial charge in [0.2, 0.25) is 5.91 Å². The molecule has 1 aliphatic heterocycles. The quantitative estimate of drug-likeness (QED) is 0.843. The number of nitrogen functional groups attached to an aromatic ring is 1. The van der Waals surface area contributed by atoms with Crippen LogP contribution in [0.15, 0.2) is 0 Å². The van der Waals surface area contributed by atoms with Gasteiger partial charge in [-0.25, -0.2) is 0 Å². The van der Waals surface area contributed by atoms with Crippen molar-refractivity contribution in [1.29, 1.82) is 0 Å². The maximum absolute atomic E-state index is 12.7. The molecule has 1 aliphatic rings. The maximum Gasteiger partial charge on any atom is 0.277 e. The van der Waals surface area contributed by atoms with E-state index in [0.717, 1.165) is 5.69 Å². The van der Waals surface area contributed by atoms with Gasteiger partial charge in [0.05, 0.1) is 11.4 Å². The number of nitrogens with zero attached hydrogens (tertiary/aromatic N) is 3. The first-order chi connectivity index (χ1) is 9.67. The van der Waals surface area contributed by atoms with E-state index in [1.165, 1.54) is 0 Å². The number of hydrogen-bond acceptors (Lipinski definition) is 4. The summed E-state index contributed by atoms with van der Waals surface area (Å²) in [5.74, 6) is -0.233. The van der Waals surface area contributed by atoms with Gasteiger partial charge in [0.1, 0.15) is 5.54 Å². The fraction of sp³-hybridized carbons (Fsp3) is 0.643. The van der Waals surface area contributed by atoms with Crippen LogP contribution in [-0.4, -0.2) is 57.5 Å². The van der Waals surface area contributed by atoms with Gasteiger partial charge in [-0.1, -0.05) is 13.8 Å². The molecule has 0 aliphatic carbocycles. The Labute approximate surface area is 124 Å². The van der Waals surface area contributed by atoms with Gasteiger partial charge in [0.25, 0.3) is 5.91 Å². The Morgan fingerprint density at radius 1 is 1.38 bits per heavy atom. The molecule has 1 saturated heterocycles. The predicted octanol–water partition coefficient (Wildman–Crippen LogP) is 0.808. The number of carbonyl (C=O) groups excluding carboxylic acids is 2. The van der Waals surface area contributed by atoms with Crippen LogP contribution in [-0.2, 0) is 4.79 Å². The first-order valence-electron chi connectivity index (χ1n) is 7.09. The topological polar surface area (TPSA) is 95.3 Å². The average molecular weight is 293 g/mol. The number of hydrogen-bond donors (Lipinski definition) is 2. The zero-order chi connectivity index (χ0) is 15.9. The molecule has 2 amide bonds. The summed E-state index contributed by atoms with van der Waals surface area (Å²) in [6, 6.07) is 0. The summed E-state index contributed by atoms with van der Waals surface area (Å²) in [4.78, 5) is 28.2. The highest BCUT2D eigenvalue weighted by molar-refractivity contribution is 6.01. The second kappa shape index (κ2) is 5.05. The van der Waals surface area contributed by atoms with E-state index >= 15 is 0 Å². The van der Waals surface area contributed by atoms with Crippen molar-refractivity contribution in [2.24, 2.45) is 0 Å². The summed E-state index contributed by atoms with van der Waals surface area (Å²) in [6.45, 7) is 8.42. The highest BCUT2D eigenvalue weighted by atomic mass is 16.2. The van der Waals surface area contributed by atoms with Gasteiger partial charge in [-0.15, -0.1) is 0 Å². The molecular formula is C14H23N5O2. The van der Waals surface area contributed by atoms with Gasteiger partial charge >= 0.3 is 0 Å². The Morgan fingerprint density at radius 3 is 2.52 bits per heavy atom. The second-order valence-electron chi connectivity index (χ2n) is 6.30. The van der Waals surface area contributed by atoms with Crippen LogP contribution >= 0.6 is 0 Å². The minimum atomic E-state index is -0.895. The Hall–Kier alpha value is -2.05. The normalized spacial score (nSPS) is 18.5. The van der Waals surface area contributed by atoms with E-state index < -0.39 is 5.54 Å². The molecule has 1 fully saturated rings. The fourth-order valence-corrected chi connectivity index (χ4v) is 2.66. The number of piperazine rings is 1. The lowest BCUT2D eigenvalue weighted by Gasteiger charge is -2.44. The number of aromatic amines is 1. The zero-order valence-electron chi connectivity index (χ0n) is 13.2. The van der Waals surface area contributed by atoms with Crippen molar-refractivity contribution in [3.8, 4) is 0 Å². The summed E-state index contributed by atoms with van der Waals surface area (Å²) < 4.78 is 0. The van der Waals surface area contributed by atoms with E-state index in [4.69, 9.17) is 5.73 Å². The predicted molar refractivity (Wildman–Crippen MR) is 79.8 cm³/mol. The van der Waals surface area contributed by atoms with E-state index in [1.807, 2.05) is 13.8 Å². The molecule has 116 valence electrons. The van der Waals surface area contributed by atoms with E-state index in [-0.39, 0.29) is 23.4 Å². The van der Waals surface area contributed by atoms with Crippen LogP contribution in [0.1, 0.15) is 49.8 Å². The molecule has 0 bridgehead atoms. The van der Waals surface area contributed by atoms with Crippen molar-refractivity contribution in [1.82, 2.24) is 20.0 Å². The molecule has 0 unspecified atom stereocenters. The molecule has 2 heterocycles. The van der Waals surface area contributed by atoms with Gasteiger partial charge < -0.3 is 15.5 Å². The van der Waals surface area contributed by atoms with E-state index in [1.54, 1.807) is 30.7 Å². The SMILES string of the molecule is CC(C)c1[nH]nc(C(=O)N2CCN(C)C(=O)C2(C)C)c1N. The lowest BCUT2D eigenvalue weighted by molar-refractivity contribution is -0.144. The molecule has 1 aromatic rings. The second-order valence-corrected chi connectivity index (χ2v) is 6.30. The molecule has 0 saturated carbocycles. The van der Waals surface area contributed by atoms with Crippen molar-refractivity contribution in [2.45, 2.75) is 39.2 Å². The van der Waals surface area contributed by atoms with Crippen molar-refractivity contribution < 1.29 is 9.59 Å². The Balaban J connectivity index is 2.34. The van der Waals surface area contributed by atoms with E-state index in [9.17, 15) is 9.59 Å². The highest BCUT2D eigenvalue weighted by Gasteiger charge is 2.44. The lowest BCUT2D eigenvalue weighted by Crippen LogP contribution is -2.63. The highest BCUT2D eigenvalue weighted by Crippen LogP contribution is 2.27. The average Bonchev–Trinajstić information content (AvgIpc) is 2.77. The zero-order valence-corrected chi connectivity index (χ0v) is 13.2. The third-order valence-electron chi connectivity index (χ3n) is 4.06. The van der Waals surface area contributed by atoms with Crippen LogP contribution in [0.4, 0.5) is 5.69 Å². The number of carbonyl (C=O) groups is 2. The fourth-order valence-electron chi connectivity index (χ4n) is 2.66. The molecule has 0 atom stereocenters. The standard InChI is InChI=1S/C14H23N5O2/c1-8(2)10-9(15)11(17-16-10)12(20)19-7-6-18(5)13(21)14(19,3)4/h8H,6-7,15H2,1-5H3,(H,16,17). The van der Waals surface area contributed by atoms with Gasteiger partial charge in [-0.05, 0) is 19.8 Å². The van der Waals surface area contributed by atoms with E-state index in [2.05, 4.69) is 10.2 Å². The van der Waals surface area contributed by atoms with Gasteiger partial charge in [-0.3, -0.25) is 14.7 Å². The van der Waals surface area contributed by atoms with Crippen molar-refractivity contribution in [2.75, 3.05) is 25.9 Å². The molecule has 21 heavy (non-hydrogen) atoms. The van der Waals surface area contributed by atoms with Crippen LogP contribution in [0.25, 0.3) is 0 Å². The summed E-state index contributed by atoms with van der Waals surface area (Å²) in [6.07, 6.45) is 0. The van der Waals surface area contributed by atoms with E-state index in [0.29, 0.717) is 18.8 Å². The van der Waals surface area contributed by atoms with Crippen LogP contribution in [0.5, 0.6) is 0 Å². The van der Waals surface area contributed by atoms with Crippen molar-refractivity contribution in [3.63, 3.8) is 0 Å². The number of likely N-dealkylation sites (N-methyl/N-ethyl adjacent to an activating group) is 1. The Morgan fingerprint density at radius 2 is 2.00 bits per heavy atom. The molecule has 0 spiro atoms. The minimum absolute atomic E-state index is 0.0831. The van der Waals surface area contributed by atoms with Gasteiger partial charge in [0, 0.05) is 20.1 Å². The van der Waals surface area contributed by atoms with Crippen LogP contribution in [0.3, 0.4) is 0 Å². The molecule has 0 radical (unpaired) electrons. The largest absolute Gasteiger partial charge is 0.395 e. The van der Waals surface area contributed by atoms with Crippen molar-refractivity contribution in [3.05, 3.63) is 11.4 Å². The van der Waals surface area contributed by atoms with Crippen LogP contribution < -0.4 is 5.73 Å². The summed E-state index contributed by atoms with van der Waals surface area (Å²) in [7, 11) is 1.74. The number of amides is 2. The number of nitrogens with one attached hydrogen (secondary N) is 1. The number of anilines is 1. The summed E-state index contributed by atoms with van der Waals surface area (Å²) in [5, 5.41) is 6.88. The lowest BCUT2D eigenvalue weighted by atomic mass is 9.97. The monoisotopic (exact) mass is 293 g/mol. The number of nitrogens with two attached hydrogens (primary N) is 1. The number of aromatic nitrogens is 2. The molecular weight excluding hydrogens is 270 g/mol. The number of rotatable bonds is 2. The van der Waals surface area contributed by atoms with Gasteiger partial charge in [-0.2, -0.15) is 5.10 Å². The molecule has 3 N–H and O–H groups in total. The first-order valence-corrected chi connectivity index (χ1v) is 7.09. The number of H-pyrrole nitrogens is 1. The first kappa shape index (κ1) is 15.3.